The van der Waals surface area contributed by atoms with Gasteiger partial charge in [-0.3, -0.25) is 14.4 Å². The van der Waals surface area contributed by atoms with Gasteiger partial charge in [0, 0.05) is 30.4 Å². The van der Waals surface area contributed by atoms with Crippen molar-refractivity contribution in [2.45, 2.75) is 63.6 Å². The summed E-state index contributed by atoms with van der Waals surface area (Å²) in [6, 6.07) is 15.0. The SMILES string of the molecule is CCn1cccc(CC(=O)N2CCC[C@H]2C(=O)N[C@@H](c2ccccc2)c2ccc(C3CC3)c(F)n2)c1=O. The fourth-order valence-corrected chi connectivity index (χ4v) is 5.10. The van der Waals surface area contributed by atoms with E-state index in [2.05, 4.69) is 10.3 Å². The van der Waals surface area contributed by atoms with Gasteiger partial charge in [0.25, 0.3) is 5.56 Å². The number of pyridine rings is 2. The smallest absolute Gasteiger partial charge is 0.254 e. The van der Waals surface area contributed by atoms with Crippen molar-refractivity contribution in [2.24, 2.45) is 0 Å². The third-order valence-corrected chi connectivity index (χ3v) is 7.29. The molecular formula is C29H31FN4O3. The van der Waals surface area contributed by atoms with Crippen LogP contribution in [0.15, 0.2) is 65.6 Å². The van der Waals surface area contributed by atoms with E-state index in [1.54, 1.807) is 39.9 Å². The second kappa shape index (κ2) is 10.7. The standard InChI is InChI=1S/C29H31FN4O3/c1-2-33-16-6-10-21(29(33)37)18-25(35)34-17-7-11-24(34)28(36)32-26(20-8-4-3-5-9-20)23-15-14-22(19-12-13-19)27(30)31-23/h3-6,8-10,14-16,19,24,26H,2,7,11-13,17-18H2,1H3,(H,32,36)/t24-,26-/m0/s1. The molecular weight excluding hydrogens is 471 g/mol. The Hall–Kier alpha value is -3.81. The fraction of sp³-hybridized carbons (Fsp3) is 0.379. The molecule has 0 spiro atoms. The number of aromatic nitrogens is 2. The van der Waals surface area contributed by atoms with Crippen molar-refractivity contribution in [1.82, 2.24) is 19.8 Å². The lowest BCUT2D eigenvalue weighted by Gasteiger charge is -2.27. The van der Waals surface area contributed by atoms with E-state index < -0.39 is 18.0 Å². The molecule has 8 heteroatoms. The van der Waals surface area contributed by atoms with Crippen LogP contribution < -0.4 is 10.9 Å². The summed E-state index contributed by atoms with van der Waals surface area (Å²) < 4.78 is 16.4. The number of hydrogen-bond donors (Lipinski definition) is 1. The number of nitrogens with zero attached hydrogens (tertiary/aromatic N) is 3. The number of carbonyl (C=O) groups is 2. The van der Waals surface area contributed by atoms with Crippen molar-refractivity contribution < 1.29 is 14.0 Å². The summed E-state index contributed by atoms with van der Waals surface area (Å²) in [6.07, 6.45) is 4.79. The Morgan fingerprint density at radius 1 is 1.08 bits per heavy atom. The Morgan fingerprint density at radius 3 is 2.57 bits per heavy atom. The Labute approximate surface area is 215 Å². The number of aryl methyl sites for hydroxylation is 1. The number of likely N-dealkylation sites (tertiary alicyclic amines) is 1. The Kier molecular flexibility index (Phi) is 7.17. The molecule has 2 amide bonds. The molecule has 0 unspecified atom stereocenters. The van der Waals surface area contributed by atoms with E-state index in [0.29, 0.717) is 42.8 Å². The predicted octanol–water partition coefficient (Wildman–Crippen LogP) is 3.72. The van der Waals surface area contributed by atoms with E-state index in [-0.39, 0.29) is 29.7 Å². The van der Waals surface area contributed by atoms with Crippen molar-refractivity contribution in [3.63, 3.8) is 0 Å². The van der Waals surface area contributed by atoms with Crippen molar-refractivity contribution in [3.05, 3.63) is 99.5 Å². The predicted molar refractivity (Wildman–Crippen MR) is 137 cm³/mol. The Morgan fingerprint density at radius 2 is 1.86 bits per heavy atom. The monoisotopic (exact) mass is 502 g/mol. The maximum absolute atomic E-state index is 14.8. The van der Waals surface area contributed by atoms with E-state index in [9.17, 15) is 18.8 Å². The van der Waals surface area contributed by atoms with Gasteiger partial charge in [-0.1, -0.05) is 42.5 Å². The zero-order valence-electron chi connectivity index (χ0n) is 20.9. The first-order valence-electron chi connectivity index (χ1n) is 13.0. The number of rotatable bonds is 8. The zero-order chi connectivity index (χ0) is 25.9. The number of benzene rings is 1. The fourth-order valence-electron chi connectivity index (χ4n) is 5.10. The summed E-state index contributed by atoms with van der Waals surface area (Å²) in [6.45, 7) is 2.84. The van der Waals surface area contributed by atoms with Crippen molar-refractivity contribution in [1.29, 1.82) is 0 Å². The number of nitrogens with one attached hydrogen (secondary N) is 1. The van der Waals surface area contributed by atoms with Gasteiger partial charge < -0.3 is 14.8 Å². The Balaban J connectivity index is 1.36. The van der Waals surface area contributed by atoms with Gasteiger partial charge in [-0.15, -0.1) is 0 Å². The normalized spacial score (nSPS) is 18.0. The van der Waals surface area contributed by atoms with Crippen LogP contribution in [0.3, 0.4) is 0 Å². The molecule has 1 N–H and O–H groups in total. The van der Waals surface area contributed by atoms with E-state index in [1.165, 1.54) is 0 Å². The molecule has 2 atom stereocenters. The molecule has 1 saturated heterocycles. The molecule has 0 radical (unpaired) electrons. The lowest BCUT2D eigenvalue weighted by molar-refractivity contribution is -0.138. The van der Waals surface area contributed by atoms with Crippen LogP contribution in [0.1, 0.15) is 67.0 Å². The molecule has 1 aliphatic heterocycles. The quantitative estimate of drug-likeness (QED) is 0.476. The van der Waals surface area contributed by atoms with E-state index >= 15 is 0 Å². The lowest BCUT2D eigenvalue weighted by Crippen LogP contribution is -2.48. The number of amides is 2. The molecule has 2 aliphatic rings. The summed E-state index contributed by atoms with van der Waals surface area (Å²) in [5, 5.41) is 3.03. The van der Waals surface area contributed by atoms with Gasteiger partial charge in [-0.2, -0.15) is 4.39 Å². The van der Waals surface area contributed by atoms with E-state index in [4.69, 9.17) is 0 Å². The Bertz CT molecular complexity index is 1350. The van der Waals surface area contributed by atoms with Gasteiger partial charge in [0.15, 0.2) is 0 Å². The van der Waals surface area contributed by atoms with Gasteiger partial charge in [-0.05, 0) is 56.2 Å². The van der Waals surface area contributed by atoms with Crippen LogP contribution in [0.2, 0.25) is 0 Å². The largest absolute Gasteiger partial charge is 0.342 e. The summed E-state index contributed by atoms with van der Waals surface area (Å²) in [5.74, 6) is -0.825. The molecule has 2 fully saturated rings. The molecule has 7 nitrogen and oxygen atoms in total. The van der Waals surface area contributed by atoms with Crippen molar-refractivity contribution >= 4 is 11.8 Å². The summed E-state index contributed by atoms with van der Waals surface area (Å²) in [4.78, 5) is 45.1. The van der Waals surface area contributed by atoms with Crippen LogP contribution in [0.4, 0.5) is 4.39 Å². The van der Waals surface area contributed by atoms with Crippen molar-refractivity contribution in [3.8, 4) is 0 Å². The molecule has 37 heavy (non-hydrogen) atoms. The van der Waals surface area contributed by atoms with Gasteiger partial charge in [-0.25, -0.2) is 4.98 Å². The minimum atomic E-state index is -0.661. The molecule has 0 bridgehead atoms. The third kappa shape index (κ3) is 5.33. The van der Waals surface area contributed by atoms with Gasteiger partial charge in [0.2, 0.25) is 17.8 Å². The van der Waals surface area contributed by atoms with Gasteiger partial charge in [0.1, 0.15) is 6.04 Å². The second-order valence-electron chi connectivity index (χ2n) is 9.79. The third-order valence-electron chi connectivity index (χ3n) is 7.29. The molecule has 1 aromatic carbocycles. The lowest BCUT2D eigenvalue weighted by atomic mass is 10.0. The highest BCUT2D eigenvalue weighted by atomic mass is 19.1. The van der Waals surface area contributed by atoms with Gasteiger partial charge >= 0.3 is 0 Å². The van der Waals surface area contributed by atoms with E-state index in [1.807, 2.05) is 37.3 Å². The first kappa shape index (κ1) is 24.9. The summed E-state index contributed by atoms with van der Waals surface area (Å²) in [7, 11) is 0. The number of carbonyl (C=O) groups excluding carboxylic acids is 2. The van der Waals surface area contributed by atoms with Gasteiger partial charge in [0.05, 0.1) is 18.2 Å². The van der Waals surface area contributed by atoms with Crippen LogP contribution in [0, 0.1) is 5.95 Å². The highest BCUT2D eigenvalue weighted by Gasteiger charge is 2.36. The minimum Gasteiger partial charge on any atom is -0.342 e. The van der Waals surface area contributed by atoms with Crippen molar-refractivity contribution in [2.75, 3.05) is 6.54 Å². The molecule has 3 heterocycles. The number of hydrogen-bond acceptors (Lipinski definition) is 4. The van der Waals surface area contributed by atoms with Crippen LogP contribution in [-0.4, -0.2) is 38.9 Å². The molecule has 1 saturated carbocycles. The number of halogens is 1. The minimum absolute atomic E-state index is 0.0546. The van der Waals surface area contributed by atoms with Crippen LogP contribution in [0.5, 0.6) is 0 Å². The van der Waals surface area contributed by atoms with Crippen LogP contribution in [0.25, 0.3) is 0 Å². The maximum Gasteiger partial charge on any atom is 0.254 e. The molecule has 3 aromatic rings. The van der Waals surface area contributed by atoms with Crippen LogP contribution >= 0.6 is 0 Å². The average Bonchev–Trinajstić information content (AvgIpc) is 3.63. The maximum atomic E-state index is 14.8. The van der Waals surface area contributed by atoms with E-state index in [0.717, 1.165) is 18.4 Å². The van der Waals surface area contributed by atoms with Crippen LogP contribution in [-0.2, 0) is 22.6 Å². The average molecular weight is 503 g/mol. The highest BCUT2D eigenvalue weighted by Crippen LogP contribution is 2.41. The zero-order valence-corrected chi connectivity index (χ0v) is 20.9. The first-order chi connectivity index (χ1) is 18.0. The highest BCUT2D eigenvalue weighted by molar-refractivity contribution is 5.89. The molecule has 5 rings (SSSR count). The second-order valence-corrected chi connectivity index (χ2v) is 9.79. The molecule has 192 valence electrons. The molecule has 2 aromatic heterocycles. The molecule has 1 aliphatic carbocycles. The summed E-state index contributed by atoms with van der Waals surface area (Å²) >= 11 is 0. The topological polar surface area (TPSA) is 84.3 Å². The first-order valence-corrected chi connectivity index (χ1v) is 13.0. The summed E-state index contributed by atoms with van der Waals surface area (Å²) in [5.41, 5.74) is 2.05.